The van der Waals surface area contributed by atoms with Gasteiger partial charge in [0.05, 0.1) is 20.8 Å². The van der Waals surface area contributed by atoms with Crippen molar-refractivity contribution in [2.75, 3.05) is 26.1 Å². The first-order chi connectivity index (χ1) is 13.4. The molecule has 1 N–H and O–H groups in total. The summed E-state index contributed by atoms with van der Waals surface area (Å²) in [6, 6.07) is 10.4. The highest BCUT2D eigenvalue weighted by molar-refractivity contribution is 6.31. The zero-order chi connectivity index (χ0) is 20.7. The van der Waals surface area contributed by atoms with Crippen LogP contribution in [0.5, 0.6) is 17.2 Å². The van der Waals surface area contributed by atoms with Gasteiger partial charge in [0, 0.05) is 10.7 Å². The molecule has 0 aliphatic carbocycles. The van der Waals surface area contributed by atoms with Crippen LogP contribution < -0.4 is 19.5 Å². The Balaban J connectivity index is 2.39. The number of benzene rings is 2. The molecule has 0 saturated heterocycles. The molecule has 7 heteroatoms. The molecule has 146 valence electrons. The Bertz CT molecular complexity index is 923. The Kier molecular flexibility index (Phi) is 7.30. The van der Waals surface area contributed by atoms with Crippen LogP contribution in [0.1, 0.15) is 18.1 Å². The molecule has 0 spiro atoms. The van der Waals surface area contributed by atoms with Crippen LogP contribution in [-0.2, 0) is 4.79 Å². The molecule has 1 amide bonds. The van der Waals surface area contributed by atoms with Crippen molar-refractivity contribution < 1.29 is 19.0 Å². The Morgan fingerprint density at radius 2 is 1.89 bits per heavy atom. The number of hydrogen-bond donors (Lipinski definition) is 1. The number of carbonyl (C=O) groups is 1. The molecule has 2 aromatic carbocycles. The van der Waals surface area contributed by atoms with E-state index in [4.69, 9.17) is 25.8 Å². The molecule has 2 rings (SSSR count). The van der Waals surface area contributed by atoms with Gasteiger partial charge < -0.3 is 19.5 Å². The molecule has 0 atom stereocenters. The van der Waals surface area contributed by atoms with Gasteiger partial charge >= 0.3 is 0 Å². The fourth-order valence-electron chi connectivity index (χ4n) is 2.52. The average Bonchev–Trinajstić information content (AvgIpc) is 2.70. The van der Waals surface area contributed by atoms with E-state index in [0.717, 1.165) is 5.56 Å². The number of halogens is 1. The predicted octanol–water partition coefficient (Wildman–Crippen LogP) is 4.61. The van der Waals surface area contributed by atoms with E-state index in [0.29, 0.717) is 40.1 Å². The SMILES string of the molecule is CCOc1c(OC)cc(C=C(C#N)C(=O)Nc2cccc(Cl)c2C)cc1OC. The lowest BCUT2D eigenvalue weighted by Gasteiger charge is -2.14. The normalized spacial score (nSPS) is 10.8. The number of anilines is 1. The Hall–Kier alpha value is -3.17. The average molecular weight is 401 g/mol. The third kappa shape index (κ3) is 4.76. The number of nitriles is 1. The second kappa shape index (κ2) is 9.67. The predicted molar refractivity (Wildman–Crippen MR) is 109 cm³/mol. The molecule has 0 aliphatic rings. The van der Waals surface area contributed by atoms with Crippen molar-refractivity contribution in [2.45, 2.75) is 13.8 Å². The zero-order valence-electron chi connectivity index (χ0n) is 16.1. The summed E-state index contributed by atoms with van der Waals surface area (Å²) in [6.45, 7) is 4.07. The summed E-state index contributed by atoms with van der Waals surface area (Å²) in [6.07, 6.45) is 1.45. The quantitative estimate of drug-likeness (QED) is 0.542. The van der Waals surface area contributed by atoms with Crippen molar-refractivity contribution in [3.8, 4) is 23.3 Å². The van der Waals surface area contributed by atoms with E-state index in [-0.39, 0.29) is 5.57 Å². The molecule has 28 heavy (non-hydrogen) atoms. The first kappa shape index (κ1) is 21.1. The highest BCUT2D eigenvalue weighted by Crippen LogP contribution is 2.39. The van der Waals surface area contributed by atoms with Crippen molar-refractivity contribution >= 4 is 29.3 Å². The summed E-state index contributed by atoms with van der Waals surface area (Å²) in [5, 5.41) is 12.7. The molecule has 0 radical (unpaired) electrons. The molecule has 0 heterocycles. The van der Waals surface area contributed by atoms with Gasteiger partial charge in [0.1, 0.15) is 11.6 Å². The molecule has 0 saturated carbocycles. The maximum Gasteiger partial charge on any atom is 0.266 e. The van der Waals surface area contributed by atoms with Crippen LogP contribution in [0, 0.1) is 18.3 Å². The number of amides is 1. The maximum atomic E-state index is 12.6. The molecular weight excluding hydrogens is 380 g/mol. The van der Waals surface area contributed by atoms with Crippen molar-refractivity contribution in [3.05, 3.63) is 52.1 Å². The van der Waals surface area contributed by atoms with Crippen LogP contribution in [0.15, 0.2) is 35.9 Å². The van der Waals surface area contributed by atoms with E-state index < -0.39 is 5.91 Å². The van der Waals surface area contributed by atoms with E-state index in [2.05, 4.69) is 5.32 Å². The third-order valence-electron chi connectivity index (χ3n) is 3.96. The lowest BCUT2D eigenvalue weighted by molar-refractivity contribution is -0.112. The molecule has 0 aliphatic heterocycles. The van der Waals surface area contributed by atoms with E-state index in [9.17, 15) is 10.1 Å². The second-order valence-electron chi connectivity index (χ2n) is 5.72. The van der Waals surface area contributed by atoms with Crippen LogP contribution in [0.25, 0.3) is 6.08 Å². The van der Waals surface area contributed by atoms with Gasteiger partial charge in [-0.3, -0.25) is 4.79 Å². The summed E-state index contributed by atoms with van der Waals surface area (Å²) < 4.78 is 16.3. The monoisotopic (exact) mass is 400 g/mol. The highest BCUT2D eigenvalue weighted by Gasteiger charge is 2.16. The van der Waals surface area contributed by atoms with Crippen LogP contribution in [-0.4, -0.2) is 26.7 Å². The number of methoxy groups -OCH3 is 2. The van der Waals surface area contributed by atoms with Crippen molar-refractivity contribution in [3.63, 3.8) is 0 Å². The standard InChI is InChI=1S/C21H21ClN2O4/c1-5-28-20-18(26-3)10-14(11-19(20)27-4)9-15(12-23)21(25)24-17-8-6-7-16(22)13(17)2/h6-11H,5H2,1-4H3,(H,24,25). The Labute approximate surface area is 169 Å². The van der Waals surface area contributed by atoms with E-state index in [1.54, 1.807) is 37.3 Å². The summed E-state index contributed by atoms with van der Waals surface area (Å²) in [5.74, 6) is 0.800. The second-order valence-corrected chi connectivity index (χ2v) is 6.13. The van der Waals surface area contributed by atoms with Gasteiger partial charge in [0.25, 0.3) is 5.91 Å². The molecule has 0 aromatic heterocycles. The van der Waals surface area contributed by atoms with E-state index in [1.807, 2.05) is 13.0 Å². The van der Waals surface area contributed by atoms with Gasteiger partial charge in [-0.1, -0.05) is 17.7 Å². The van der Waals surface area contributed by atoms with Crippen LogP contribution in [0.4, 0.5) is 5.69 Å². The zero-order valence-corrected chi connectivity index (χ0v) is 16.9. The highest BCUT2D eigenvalue weighted by atomic mass is 35.5. The summed E-state index contributed by atoms with van der Waals surface area (Å²) in [7, 11) is 3.01. The fourth-order valence-corrected chi connectivity index (χ4v) is 2.69. The lowest BCUT2D eigenvalue weighted by atomic mass is 10.1. The van der Waals surface area contributed by atoms with Crippen molar-refractivity contribution in [2.24, 2.45) is 0 Å². The topological polar surface area (TPSA) is 80.6 Å². The summed E-state index contributed by atoms with van der Waals surface area (Å²) in [4.78, 5) is 12.6. The number of nitrogens with one attached hydrogen (secondary N) is 1. The van der Waals surface area contributed by atoms with Crippen LogP contribution >= 0.6 is 11.6 Å². The molecule has 6 nitrogen and oxygen atoms in total. The first-order valence-corrected chi connectivity index (χ1v) is 8.90. The molecule has 2 aromatic rings. The van der Waals surface area contributed by atoms with Gasteiger partial charge in [-0.25, -0.2) is 0 Å². The molecular formula is C21H21ClN2O4. The van der Waals surface area contributed by atoms with Gasteiger partial charge in [0.2, 0.25) is 5.75 Å². The van der Waals surface area contributed by atoms with Crippen LogP contribution in [0.3, 0.4) is 0 Å². The summed E-state index contributed by atoms with van der Waals surface area (Å²) >= 11 is 6.08. The minimum atomic E-state index is -0.542. The number of hydrogen-bond acceptors (Lipinski definition) is 5. The van der Waals surface area contributed by atoms with Gasteiger partial charge in [0.15, 0.2) is 11.5 Å². The minimum absolute atomic E-state index is 0.0763. The molecule has 0 fully saturated rings. The molecule has 0 bridgehead atoms. The maximum absolute atomic E-state index is 12.6. The third-order valence-corrected chi connectivity index (χ3v) is 4.37. The summed E-state index contributed by atoms with van der Waals surface area (Å²) in [5.41, 5.74) is 1.75. The van der Waals surface area contributed by atoms with Gasteiger partial charge in [-0.05, 0) is 55.3 Å². The number of nitrogens with zero attached hydrogens (tertiary/aromatic N) is 1. The van der Waals surface area contributed by atoms with Gasteiger partial charge in [-0.2, -0.15) is 5.26 Å². The fraction of sp³-hybridized carbons (Fsp3) is 0.238. The minimum Gasteiger partial charge on any atom is -0.493 e. The number of rotatable bonds is 7. The number of ether oxygens (including phenoxy) is 3. The van der Waals surface area contributed by atoms with Crippen molar-refractivity contribution in [1.29, 1.82) is 5.26 Å². The Morgan fingerprint density at radius 1 is 1.25 bits per heavy atom. The smallest absolute Gasteiger partial charge is 0.266 e. The largest absolute Gasteiger partial charge is 0.493 e. The number of carbonyl (C=O) groups excluding carboxylic acids is 1. The lowest BCUT2D eigenvalue weighted by Crippen LogP contribution is -2.14. The molecule has 0 unspecified atom stereocenters. The first-order valence-electron chi connectivity index (χ1n) is 8.52. The van der Waals surface area contributed by atoms with Crippen molar-refractivity contribution in [1.82, 2.24) is 0 Å². The van der Waals surface area contributed by atoms with Crippen LogP contribution in [0.2, 0.25) is 5.02 Å². The Morgan fingerprint density at radius 3 is 2.43 bits per heavy atom. The van der Waals surface area contributed by atoms with E-state index in [1.165, 1.54) is 20.3 Å². The van der Waals surface area contributed by atoms with E-state index >= 15 is 0 Å². The van der Waals surface area contributed by atoms with Gasteiger partial charge in [-0.15, -0.1) is 0 Å².